The fourth-order valence-electron chi connectivity index (χ4n) is 2.20. The number of thiophene rings is 1. The fourth-order valence-corrected chi connectivity index (χ4v) is 3.81. The van der Waals surface area contributed by atoms with Gasteiger partial charge in [0.05, 0.1) is 4.88 Å². The lowest BCUT2D eigenvalue weighted by Crippen LogP contribution is -2.38. The maximum Gasteiger partial charge on any atom is 0.273 e. The van der Waals surface area contributed by atoms with Gasteiger partial charge in [0, 0.05) is 25.0 Å². The number of rotatable bonds is 3. The lowest BCUT2D eigenvalue weighted by atomic mass is 10.2. The third-order valence-corrected chi connectivity index (χ3v) is 5.24. The van der Waals surface area contributed by atoms with Crippen LogP contribution in [-0.2, 0) is 0 Å². The van der Waals surface area contributed by atoms with Gasteiger partial charge >= 0.3 is 0 Å². The second-order valence-electron chi connectivity index (χ2n) is 4.58. The normalized spacial score (nSPS) is 16.9. The van der Waals surface area contributed by atoms with Gasteiger partial charge in [-0.05, 0) is 24.4 Å². The van der Waals surface area contributed by atoms with Crippen molar-refractivity contribution < 1.29 is 4.79 Å². The molecule has 1 fully saturated rings. The predicted molar refractivity (Wildman–Crippen MR) is 93.3 cm³/mol. The number of amides is 1. The second kappa shape index (κ2) is 8.10. The Hall–Kier alpha value is -0.660. The molecule has 1 atom stereocenters. The van der Waals surface area contributed by atoms with E-state index in [2.05, 4.69) is 10.3 Å². The summed E-state index contributed by atoms with van der Waals surface area (Å²) in [7, 11) is 1.87. The maximum absolute atomic E-state index is 12.4. The monoisotopic (exact) mass is 365 g/mol. The maximum atomic E-state index is 12.4. The van der Waals surface area contributed by atoms with Crippen LogP contribution >= 0.6 is 47.5 Å². The summed E-state index contributed by atoms with van der Waals surface area (Å²) in [5.41, 5.74) is 0.558. The van der Waals surface area contributed by atoms with Crippen molar-refractivity contribution in [2.45, 2.75) is 12.5 Å². The van der Waals surface area contributed by atoms with Crippen LogP contribution in [0.1, 0.15) is 16.9 Å². The number of aromatic nitrogens is 1. The summed E-state index contributed by atoms with van der Waals surface area (Å²) in [4.78, 5) is 19.8. The van der Waals surface area contributed by atoms with Crippen molar-refractivity contribution in [2.24, 2.45) is 0 Å². The van der Waals surface area contributed by atoms with Crippen LogP contribution in [0.25, 0.3) is 9.88 Å². The van der Waals surface area contributed by atoms with Gasteiger partial charge in [-0.25, -0.2) is 4.98 Å². The lowest BCUT2D eigenvalue weighted by Gasteiger charge is -2.22. The Bertz CT molecular complexity index is 568. The van der Waals surface area contributed by atoms with Crippen molar-refractivity contribution in [2.75, 3.05) is 20.1 Å². The molecule has 0 aliphatic carbocycles. The quantitative estimate of drug-likeness (QED) is 0.908. The number of hydrogen-bond acceptors (Lipinski definition) is 5. The molecule has 3 rings (SSSR count). The number of hydrogen-bond donors (Lipinski definition) is 1. The molecule has 8 heteroatoms. The van der Waals surface area contributed by atoms with Crippen LogP contribution in [0.5, 0.6) is 0 Å². The summed E-state index contributed by atoms with van der Waals surface area (Å²) in [5.74, 6) is 0.0211. The molecule has 116 valence electrons. The van der Waals surface area contributed by atoms with E-state index in [0.717, 1.165) is 29.4 Å². The molecule has 4 nitrogen and oxygen atoms in total. The SMILES string of the molecule is CN(C(=O)c1csc(-c2cccs2)n1)C1CCNC1.Cl.Cl. The van der Waals surface area contributed by atoms with E-state index in [0.29, 0.717) is 11.7 Å². The summed E-state index contributed by atoms with van der Waals surface area (Å²) in [5, 5.41) is 8.08. The van der Waals surface area contributed by atoms with Gasteiger partial charge in [0.25, 0.3) is 5.91 Å². The van der Waals surface area contributed by atoms with Gasteiger partial charge in [-0.3, -0.25) is 4.79 Å². The number of nitrogens with zero attached hydrogens (tertiary/aromatic N) is 2. The molecule has 21 heavy (non-hydrogen) atoms. The zero-order valence-corrected chi connectivity index (χ0v) is 14.7. The topological polar surface area (TPSA) is 45.2 Å². The van der Waals surface area contributed by atoms with E-state index in [1.165, 1.54) is 11.3 Å². The van der Waals surface area contributed by atoms with Crippen molar-refractivity contribution in [3.05, 3.63) is 28.6 Å². The largest absolute Gasteiger partial charge is 0.336 e. The van der Waals surface area contributed by atoms with Crippen LogP contribution in [0.15, 0.2) is 22.9 Å². The first-order valence-corrected chi connectivity index (χ1v) is 7.99. The predicted octanol–water partition coefficient (Wildman–Crippen LogP) is 3.15. The number of nitrogens with one attached hydrogen (secondary N) is 1. The smallest absolute Gasteiger partial charge is 0.273 e. The minimum absolute atomic E-state index is 0. The Kier molecular flexibility index (Phi) is 7.09. The van der Waals surface area contributed by atoms with E-state index in [1.54, 1.807) is 11.3 Å². The molecule has 2 aromatic heterocycles. The first kappa shape index (κ1) is 18.4. The molecule has 0 spiro atoms. The molecular weight excluding hydrogens is 349 g/mol. The van der Waals surface area contributed by atoms with Crippen LogP contribution in [0, 0.1) is 0 Å². The minimum atomic E-state index is 0. The molecule has 2 aromatic rings. The molecule has 1 N–H and O–H groups in total. The van der Waals surface area contributed by atoms with Crippen LogP contribution in [-0.4, -0.2) is 42.0 Å². The summed E-state index contributed by atoms with van der Waals surface area (Å²) in [6.45, 7) is 1.87. The van der Waals surface area contributed by atoms with Gasteiger partial charge in [0.15, 0.2) is 0 Å². The summed E-state index contributed by atoms with van der Waals surface area (Å²) in [6.07, 6.45) is 1.02. The highest BCUT2D eigenvalue weighted by Crippen LogP contribution is 2.28. The Morgan fingerprint density at radius 1 is 1.43 bits per heavy atom. The molecule has 1 aliphatic heterocycles. The Morgan fingerprint density at radius 2 is 2.24 bits per heavy atom. The van der Waals surface area contributed by atoms with Crippen molar-refractivity contribution >= 4 is 53.4 Å². The third-order valence-electron chi connectivity index (χ3n) is 3.36. The number of carbonyl (C=O) groups is 1. The van der Waals surface area contributed by atoms with E-state index in [9.17, 15) is 4.79 Å². The lowest BCUT2D eigenvalue weighted by molar-refractivity contribution is 0.0739. The van der Waals surface area contributed by atoms with Crippen LogP contribution < -0.4 is 5.32 Å². The average molecular weight is 366 g/mol. The molecular formula is C13H17Cl2N3OS2. The molecule has 3 heterocycles. The summed E-state index contributed by atoms with van der Waals surface area (Å²) < 4.78 is 0. The highest BCUT2D eigenvalue weighted by molar-refractivity contribution is 7.20. The van der Waals surface area contributed by atoms with E-state index >= 15 is 0 Å². The molecule has 0 bridgehead atoms. The minimum Gasteiger partial charge on any atom is -0.336 e. The Balaban J connectivity index is 0.00000110. The molecule has 1 unspecified atom stereocenters. The first-order chi connectivity index (χ1) is 9.25. The average Bonchev–Trinajstić information content (AvgIpc) is 3.16. The van der Waals surface area contributed by atoms with E-state index in [-0.39, 0.29) is 30.7 Å². The number of carbonyl (C=O) groups excluding carboxylic acids is 1. The van der Waals surface area contributed by atoms with Gasteiger partial charge in [-0.2, -0.15) is 0 Å². The van der Waals surface area contributed by atoms with Crippen molar-refractivity contribution in [3.63, 3.8) is 0 Å². The molecule has 1 saturated heterocycles. The highest BCUT2D eigenvalue weighted by atomic mass is 35.5. The molecule has 0 aromatic carbocycles. The van der Waals surface area contributed by atoms with Gasteiger partial charge in [0.2, 0.25) is 0 Å². The fraction of sp³-hybridized carbons (Fsp3) is 0.385. The van der Waals surface area contributed by atoms with Crippen LogP contribution in [0.4, 0.5) is 0 Å². The first-order valence-electron chi connectivity index (χ1n) is 6.23. The van der Waals surface area contributed by atoms with Crippen molar-refractivity contribution in [1.82, 2.24) is 15.2 Å². The zero-order chi connectivity index (χ0) is 13.2. The second-order valence-corrected chi connectivity index (χ2v) is 6.38. The molecule has 1 amide bonds. The Morgan fingerprint density at radius 3 is 2.86 bits per heavy atom. The summed E-state index contributed by atoms with van der Waals surface area (Å²) >= 11 is 3.18. The Labute approximate surface area is 144 Å². The number of halogens is 2. The van der Waals surface area contributed by atoms with Crippen LogP contribution in [0.3, 0.4) is 0 Å². The molecule has 0 saturated carbocycles. The number of thiazole rings is 1. The van der Waals surface area contributed by atoms with E-state index in [1.807, 2.05) is 34.8 Å². The summed E-state index contributed by atoms with van der Waals surface area (Å²) in [6, 6.07) is 4.32. The van der Waals surface area contributed by atoms with Gasteiger partial charge in [-0.15, -0.1) is 47.5 Å². The zero-order valence-electron chi connectivity index (χ0n) is 11.4. The van der Waals surface area contributed by atoms with Gasteiger partial charge < -0.3 is 10.2 Å². The van der Waals surface area contributed by atoms with Gasteiger partial charge in [0.1, 0.15) is 10.7 Å². The molecule has 1 aliphatic rings. The van der Waals surface area contributed by atoms with E-state index in [4.69, 9.17) is 0 Å². The highest BCUT2D eigenvalue weighted by Gasteiger charge is 2.25. The van der Waals surface area contributed by atoms with Crippen molar-refractivity contribution in [3.8, 4) is 9.88 Å². The third kappa shape index (κ3) is 3.96. The van der Waals surface area contributed by atoms with Gasteiger partial charge in [-0.1, -0.05) is 6.07 Å². The standard InChI is InChI=1S/C13H15N3OS2.2ClH/c1-16(9-4-5-14-7-9)13(17)10-8-19-12(15-10)11-3-2-6-18-11;;/h2-3,6,8-9,14H,4-5,7H2,1H3;2*1H. The number of likely N-dealkylation sites (N-methyl/N-ethyl adjacent to an activating group) is 1. The van der Waals surface area contributed by atoms with Crippen molar-refractivity contribution in [1.29, 1.82) is 0 Å². The van der Waals surface area contributed by atoms with Crippen LogP contribution in [0.2, 0.25) is 0 Å². The molecule has 0 radical (unpaired) electrons. The van der Waals surface area contributed by atoms with E-state index < -0.39 is 0 Å².